The first-order valence-corrected chi connectivity index (χ1v) is 11.2. The van der Waals surface area contributed by atoms with Gasteiger partial charge in [0.25, 0.3) is 5.91 Å². The van der Waals surface area contributed by atoms with Crippen molar-refractivity contribution in [2.24, 2.45) is 0 Å². The van der Waals surface area contributed by atoms with Crippen molar-refractivity contribution in [3.63, 3.8) is 0 Å². The van der Waals surface area contributed by atoms with Crippen LogP contribution in [0.1, 0.15) is 61.6 Å². The molecule has 0 saturated carbocycles. The maximum absolute atomic E-state index is 13.3. The van der Waals surface area contributed by atoms with E-state index in [4.69, 9.17) is 4.74 Å². The van der Waals surface area contributed by atoms with Gasteiger partial charge in [-0.1, -0.05) is 44.2 Å². The smallest absolute Gasteiger partial charge is 0.410 e. The van der Waals surface area contributed by atoms with Gasteiger partial charge < -0.3 is 24.7 Å². The maximum atomic E-state index is 13.3. The first-order chi connectivity index (χ1) is 16.3. The van der Waals surface area contributed by atoms with Crippen molar-refractivity contribution in [2.75, 3.05) is 26.2 Å². The molecule has 9 nitrogen and oxygen atoms in total. The lowest BCUT2D eigenvalue weighted by molar-refractivity contribution is 0.0542. The molecule has 2 aromatic rings. The predicted molar refractivity (Wildman–Crippen MR) is 123 cm³/mol. The lowest BCUT2D eigenvalue weighted by Gasteiger charge is -2.34. The number of amides is 2. The van der Waals surface area contributed by atoms with Crippen molar-refractivity contribution >= 4 is 23.9 Å². The van der Waals surface area contributed by atoms with Crippen molar-refractivity contribution in [3.05, 3.63) is 69.8 Å². The van der Waals surface area contributed by atoms with Crippen LogP contribution in [0, 0.1) is 0 Å². The van der Waals surface area contributed by atoms with Crippen LogP contribution >= 0.6 is 0 Å². The van der Waals surface area contributed by atoms with Crippen LogP contribution in [0.2, 0.25) is 0 Å². The van der Waals surface area contributed by atoms with E-state index in [0.29, 0.717) is 5.56 Å². The molecule has 0 atom stereocenters. The van der Waals surface area contributed by atoms with E-state index in [0.717, 1.165) is 5.56 Å². The Hall–Kier alpha value is -3.88. The van der Waals surface area contributed by atoms with E-state index in [-0.39, 0.29) is 67.9 Å². The predicted octanol–water partition coefficient (Wildman–Crippen LogP) is 3.30. The molecule has 0 unspecified atom stereocenters. The van der Waals surface area contributed by atoms with Crippen molar-refractivity contribution < 1.29 is 34.1 Å². The largest absolute Gasteiger partial charge is 0.478 e. The highest BCUT2D eigenvalue weighted by Crippen LogP contribution is 2.27. The number of ether oxygens (including phenoxy) is 1. The third-order valence-electron chi connectivity index (χ3n) is 5.95. The van der Waals surface area contributed by atoms with Crippen LogP contribution in [0.25, 0.3) is 0 Å². The Morgan fingerprint density at radius 3 is 1.91 bits per heavy atom. The minimum Gasteiger partial charge on any atom is -0.478 e. The lowest BCUT2D eigenvalue weighted by atomic mass is 9.88. The molecule has 0 spiro atoms. The summed E-state index contributed by atoms with van der Waals surface area (Å²) >= 11 is 0. The monoisotopic (exact) mass is 468 g/mol. The molecule has 34 heavy (non-hydrogen) atoms. The molecule has 0 aromatic heterocycles. The minimum absolute atomic E-state index is 0.0783. The molecule has 0 aliphatic carbocycles. The van der Waals surface area contributed by atoms with Crippen molar-refractivity contribution in [1.82, 2.24) is 9.80 Å². The summed E-state index contributed by atoms with van der Waals surface area (Å²) in [6.07, 6.45) is 0.00872. The number of rotatable bonds is 7. The summed E-state index contributed by atoms with van der Waals surface area (Å²) in [6, 6.07) is 10.6. The maximum Gasteiger partial charge on any atom is 0.410 e. The summed E-state index contributed by atoms with van der Waals surface area (Å²) < 4.78 is 5.35. The third kappa shape index (κ3) is 5.19. The quantitative estimate of drug-likeness (QED) is 0.639. The number of hydrogen-bond acceptors (Lipinski definition) is 5. The molecule has 1 aliphatic heterocycles. The van der Waals surface area contributed by atoms with E-state index in [9.17, 15) is 29.4 Å². The second kappa shape index (κ2) is 10.8. The van der Waals surface area contributed by atoms with Gasteiger partial charge in [-0.05, 0) is 35.6 Å². The van der Waals surface area contributed by atoms with Gasteiger partial charge in [0.15, 0.2) is 0 Å². The van der Waals surface area contributed by atoms with Crippen LogP contribution in [0.3, 0.4) is 0 Å². The Bertz CT molecular complexity index is 1090. The molecule has 1 heterocycles. The van der Waals surface area contributed by atoms with Crippen LogP contribution in [-0.4, -0.2) is 70.1 Å². The summed E-state index contributed by atoms with van der Waals surface area (Å²) in [5.74, 6) is -2.97. The number of hydrogen-bond donors (Lipinski definition) is 2. The van der Waals surface area contributed by atoms with E-state index >= 15 is 0 Å². The highest BCUT2D eigenvalue weighted by molar-refractivity contribution is 6.05. The Morgan fingerprint density at radius 1 is 0.824 bits per heavy atom. The summed E-state index contributed by atoms with van der Waals surface area (Å²) in [4.78, 5) is 52.5. The second-order valence-electron chi connectivity index (χ2n) is 7.94. The Labute approximate surface area is 197 Å². The van der Waals surface area contributed by atoms with Crippen LogP contribution < -0.4 is 0 Å². The average Bonchev–Trinajstić information content (AvgIpc) is 2.85. The zero-order valence-electron chi connectivity index (χ0n) is 19.2. The first-order valence-electron chi connectivity index (χ1n) is 11.2. The molecule has 9 heteroatoms. The molecule has 1 fully saturated rings. The number of carbonyl (C=O) groups excluding carboxylic acids is 2. The van der Waals surface area contributed by atoms with E-state index in [2.05, 4.69) is 0 Å². The number of carbonyl (C=O) groups is 4. The SMILES string of the molecule is CCc1c(C(=O)O)cc(C(=O)N2CCN(C(=O)OCc3ccccc3)CC2)c(CC)c1C(=O)O. The second-order valence-corrected chi connectivity index (χ2v) is 7.94. The van der Waals surface area contributed by atoms with Crippen molar-refractivity contribution in [3.8, 4) is 0 Å². The van der Waals surface area contributed by atoms with Crippen LogP contribution in [0.5, 0.6) is 0 Å². The Kier molecular flexibility index (Phi) is 7.88. The molecule has 0 radical (unpaired) electrons. The third-order valence-corrected chi connectivity index (χ3v) is 5.95. The summed E-state index contributed by atoms with van der Waals surface area (Å²) in [6.45, 7) is 4.53. The van der Waals surface area contributed by atoms with Gasteiger partial charge in [-0.25, -0.2) is 14.4 Å². The van der Waals surface area contributed by atoms with Crippen LogP contribution in [0.4, 0.5) is 4.79 Å². The molecular formula is C25H28N2O7. The highest BCUT2D eigenvalue weighted by Gasteiger charge is 2.31. The number of carboxylic acids is 2. The first kappa shape index (κ1) is 24.8. The van der Waals surface area contributed by atoms with E-state index in [1.54, 1.807) is 13.8 Å². The van der Waals surface area contributed by atoms with Gasteiger partial charge in [-0.15, -0.1) is 0 Å². The lowest BCUT2D eigenvalue weighted by Crippen LogP contribution is -2.51. The van der Waals surface area contributed by atoms with Crippen molar-refractivity contribution in [2.45, 2.75) is 33.3 Å². The molecule has 2 aromatic carbocycles. The van der Waals surface area contributed by atoms with Crippen molar-refractivity contribution in [1.29, 1.82) is 0 Å². The molecule has 1 saturated heterocycles. The van der Waals surface area contributed by atoms with Crippen LogP contribution in [-0.2, 0) is 24.2 Å². The fraction of sp³-hybridized carbons (Fsp3) is 0.360. The minimum atomic E-state index is -1.28. The summed E-state index contributed by atoms with van der Waals surface area (Å²) in [5.41, 5.74) is 1.19. The van der Waals surface area contributed by atoms with Gasteiger partial charge >= 0.3 is 18.0 Å². The molecule has 2 amide bonds. The summed E-state index contributed by atoms with van der Waals surface area (Å²) in [7, 11) is 0. The topological polar surface area (TPSA) is 124 Å². The molecule has 1 aliphatic rings. The number of nitrogens with zero attached hydrogens (tertiary/aromatic N) is 2. The van der Waals surface area contributed by atoms with Gasteiger partial charge in [0.05, 0.1) is 11.1 Å². The van der Waals surface area contributed by atoms with Gasteiger partial charge in [-0.2, -0.15) is 0 Å². The van der Waals surface area contributed by atoms with Crippen LogP contribution in [0.15, 0.2) is 36.4 Å². The molecule has 0 bridgehead atoms. The fourth-order valence-electron chi connectivity index (χ4n) is 4.22. The number of benzene rings is 2. The normalized spacial score (nSPS) is 13.5. The number of aromatic carboxylic acids is 2. The van der Waals surface area contributed by atoms with E-state index in [1.165, 1.54) is 15.9 Å². The Balaban J connectivity index is 1.76. The van der Waals surface area contributed by atoms with E-state index in [1.807, 2.05) is 30.3 Å². The number of piperazine rings is 1. The van der Waals surface area contributed by atoms with Gasteiger partial charge in [-0.3, -0.25) is 4.79 Å². The van der Waals surface area contributed by atoms with Gasteiger partial charge in [0.1, 0.15) is 6.61 Å². The molecule has 2 N–H and O–H groups in total. The zero-order chi connectivity index (χ0) is 24.8. The molecule has 3 rings (SSSR count). The fourth-order valence-corrected chi connectivity index (χ4v) is 4.22. The molecular weight excluding hydrogens is 440 g/mol. The average molecular weight is 469 g/mol. The molecule has 180 valence electrons. The standard InChI is InChI=1S/C25H28N2O7/c1-3-17-19(14-20(23(29)30)18(4-2)21(17)24(31)32)22(28)26-10-12-27(13-11-26)25(33)34-15-16-8-6-5-7-9-16/h5-9,14H,3-4,10-13,15H2,1-2H3,(H,29,30)(H,31,32). The Morgan fingerprint density at radius 2 is 1.38 bits per heavy atom. The zero-order valence-corrected chi connectivity index (χ0v) is 19.2. The van der Waals surface area contributed by atoms with E-state index < -0.39 is 23.9 Å². The summed E-state index contributed by atoms with van der Waals surface area (Å²) in [5, 5.41) is 19.4. The van der Waals surface area contributed by atoms with Gasteiger partial charge in [0, 0.05) is 31.7 Å². The van der Waals surface area contributed by atoms with Gasteiger partial charge in [0.2, 0.25) is 0 Å². The highest BCUT2D eigenvalue weighted by atomic mass is 16.6. The number of carboxylic acid groups (broad SMARTS) is 2.